The van der Waals surface area contributed by atoms with Crippen molar-refractivity contribution >= 4 is 5.78 Å². The molecule has 1 aromatic rings. The van der Waals surface area contributed by atoms with Crippen molar-refractivity contribution in [3.8, 4) is 11.5 Å². The van der Waals surface area contributed by atoms with Gasteiger partial charge in [0.15, 0.2) is 17.3 Å². The van der Waals surface area contributed by atoms with Crippen molar-refractivity contribution in [1.29, 1.82) is 0 Å². The maximum atomic E-state index is 12.1. The van der Waals surface area contributed by atoms with Gasteiger partial charge < -0.3 is 19.9 Å². The molecule has 1 aromatic carbocycles. The minimum atomic E-state index is -0.0692. The Labute approximate surface area is 107 Å². The molecule has 0 amide bonds. The van der Waals surface area contributed by atoms with E-state index in [-0.39, 0.29) is 12.2 Å². The number of ether oxygens (including phenoxy) is 3. The fourth-order valence-electron chi connectivity index (χ4n) is 1.81. The van der Waals surface area contributed by atoms with Gasteiger partial charge in [-0.1, -0.05) is 6.07 Å². The van der Waals surface area contributed by atoms with Crippen LogP contribution in [0.2, 0.25) is 0 Å². The first kappa shape index (κ1) is 14.5. The van der Waals surface area contributed by atoms with Crippen LogP contribution in [0.3, 0.4) is 0 Å². The summed E-state index contributed by atoms with van der Waals surface area (Å²) in [6, 6.07) is 3.56. The molecule has 100 valence electrons. The SMILES string of the molecule is COCc1ccc(OC)c(OC)c1C(=O)CCN. The molecule has 0 atom stereocenters. The van der Waals surface area contributed by atoms with Gasteiger partial charge in [-0.2, -0.15) is 0 Å². The van der Waals surface area contributed by atoms with E-state index in [0.717, 1.165) is 5.56 Å². The molecule has 18 heavy (non-hydrogen) atoms. The number of nitrogens with two attached hydrogens (primary N) is 1. The number of methoxy groups -OCH3 is 3. The molecular weight excluding hydrogens is 234 g/mol. The number of hydrogen-bond donors (Lipinski definition) is 1. The zero-order valence-electron chi connectivity index (χ0n) is 11.0. The van der Waals surface area contributed by atoms with Crippen molar-refractivity contribution in [2.24, 2.45) is 5.73 Å². The van der Waals surface area contributed by atoms with Gasteiger partial charge in [-0.05, 0) is 18.2 Å². The fraction of sp³-hybridized carbons (Fsp3) is 0.462. The number of carbonyl (C=O) groups excluding carboxylic acids is 1. The van der Waals surface area contributed by atoms with Crippen molar-refractivity contribution in [2.75, 3.05) is 27.9 Å². The van der Waals surface area contributed by atoms with Gasteiger partial charge in [0.2, 0.25) is 0 Å². The second-order valence-electron chi connectivity index (χ2n) is 3.73. The fourth-order valence-corrected chi connectivity index (χ4v) is 1.81. The number of benzene rings is 1. The first-order valence-corrected chi connectivity index (χ1v) is 5.65. The van der Waals surface area contributed by atoms with E-state index < -0.39 is 0 Å². The lowest BCUT2D eigenvalue weighted by atomic mass is 10.00. The molecule has 0 aromatic heterocycles. The van der Waals surface area contributed by atoms with E-state index in [4.69, 9.17) is 19.9 Å². The lowest BCUT2D eigenvalue weighted by Gasteiger charge is -2.15. The largest absolute Gasteiger partial charge is 0.493 e. The summed E-state index contributed by atoms with van der Waals surface area (Å²) in [4.78, 5) is 12.1. The van der Waals surface area contributed by atoms with Crippen molar-refractivity contribution in [2.45, 2.75) is 13.0 Å². The summed E-state index contributed by atoms with van der Waals surface area (Å²) in [5.41, 5.74) is 6.69. The van der Waals surface area contributed by atoms with Crippen LogP contribution in [0.1, 0.15) is 22.3 Å². The van der Waals surface area contributed by atoms with Crippen LogP contribution in [0.25, 0.3) is 0 Å². The van der Waals surface area contributed by atoms with Crippen LogP contribution in [-0.4, -0.2) is 33.7 Å². The second-order valence-corrected chi connectivity index (χ2v) is 3.73. The smallest absolute Gasteiger partial charge is 0.171 e. The van der Waals surface area contributed by atoms with Crippen LogP contribution < -0.4 is 15.2 Å². The van der Waals surface area contributed by atoms with Gasteiger partial charge in [0.25, 0.3) is 0 Å². The van der Waals surface area contributed by atoms with Gasteiger partial charge in [-0.3, -0.25) is 4.79 Å². The normalized spacial score (nSPS) is 10.2. The Hall–Kier alpha value is -1.59. The van der Waals surface area contributed by atoms with Crippen LogP contribution >= 0.6 is 0 Å². The van der Waals surface area contributed by atoms with Gasteiger partial charge in [0.1, 0.15) is 0 Å². The van der Waals surface area contributed by atoms with Crippen molar-refractivity contribution in [3.05, 3.63) is 23.3 Å². The molecular formula is C13H19NO4. The topological polar surface area (TPSA) is 70.8 Å². The summed E-state index contributed by atoms with van der Waals surface area (Å²) in [7, 11) is 4.62. The highest BCUT2D eigenvalue weighted by molar-refractivity contribution is 6.01. The summed E-state index contributed by atoms with van der Waals surface area (Å²) in [6.07, 6.45) is 0.264. The highest BCUT2D eigenvalue weighted by Gasteiger charge is 2.20. The molecule has 0 fully saturated rings. The first-order chi connectivity index (χ1) is 8.69. The minimum absolute atomic E-state index is 0.0692. The molecule has 0 aliphatic heterocycles. The van der Waals surface area contributed by atoms with E-state index in [1.165, 1.54) is 14.2 Å². The molecule has 1 rings (SSSR count). The number of hydrogen-bond acceptors (Lipinski definition) is 5. The molecule has 0 radical (unpaired) electrons. The van der Waals surface area contributed by atoms with Gasteiger partial charge in [0, 0.05) is 13.5 Å². The Morgan fingerprint density at radius 1 is 1.22 bits per heavy atom. The second kappa shape index (κ2) is 6.98. The van der Waals surface area contributed by atoms with Gasteiger partial charge in [0.05, 0.1) is 26.4 Å². The molecule has 0 aliphatic carbocycles. The van der Waals surface area contributed by atoms with E-state index in [2.05, 4.69) is 0 Å². The summed E-state index contributed by atoms with van der Waals surface area (Å²) < 4.78 is 15.6. The van der Waals surface area contributed by atoms with E-state index in [9.17, 15) is 4.79 Å². The van der Waals surface area contributed by atoms with Crippen LogP contribution in [0.15, 0.2) is 12.1 Å². The number of Topliss-reactive ketones (excluding diaryl/α,β-unsaturated/α-hetero) is 1. The van der Waals surface area contributed by atoms with E-state index in [0.29, 0.717) is 30.2 Å². The molecule has 0 unspecified atom stereocenters. The van der Waals surface area contributed by atoms with Crippen LogP contribution in [0.5, 0.6) is 11.5 Å². The molecule has 2 N–H and O–H groups in total. The van der Waals surface area contributed by atoms with Crippen molar-refractivity contribution in [3.63, 3.8) is 0 Å². The molecule has 5 heteroatoms. The average molecular weight is 253 g/mol. The van der Waals surface area contributed by atoms with Crippen LogP contribution in [0, 0.1) is 0 Å². The lowest BCUT2D eigenvalue weighted by Crippen LogP contribution is -2.13. The quantitative estimate of drug-likeness (QED) is 0.743. The summed E-state index contributed by atoms with van der Waals surface area (Å²) in [6.45, 7) is 0.637. The van der Waals surface area contributed by atoms with Gasteiger partial charge >= 0.3 is 0 Å². The maximum absolute atomic E-state index is 12.1. The average Bonchev–Trinajstić information content (AvgIpc) is 2.38. The Morgan fingerprint density at radius 3 is 2.44 bits per heavy atom. The van der Waals surface area contributed by atoms with E-state index in [1.54, 1.807) is 19.2 Å². The van der Waals surface area contributed by atoms with Gasteiger partial charge in [-0.15, -0.1) is 0 Å². The molecule has 0 heterocycles. The van der Waals surface area contributed by atoms with E-state index >= 15 is 0 Å². The number of ketones is 1. The van der Waals surface area contributed by atoms with E-state index in [1.807, 2.05) is 0 Å². The molecule has 0 saturated carbocycles. The minimum Gasteiger partial charge on any atom is -0.493 e. The third kappa shape index (κ3) is 3.00. The third-order valence-corrected chi connectivity index (χ3v) is 2.58. The lowest BCUT2D eigenvalue weighted by molar-refractivity contribution is 0.0976. The Kier molecular flexibility index (Phi) is 5.61. The predicted molar refractivity (Wildman–Crippen MR) is 68.3 cm³/mol. The highest BCUT2D eigenvalue weighted by atomic mass is 16.5. The summed E-state index contributed by atoms with van der Waals surface area (Å²) in [5, 5.41) is 0. The van der Waals surface area contributed by atoms with Crippen molar-refractivity contribution < 1.29 is 19.0 Å². The zero-order valence-corrected chi connectivity index (χ0v) is 11.0. The highest BCUT2D eigenvalue weighted by Crippen LogP contribution is 2.34. The van der Waals surface area contributed by atoms with Crippen molar-refractivity contribution in [1.82, 2.24) is 0 Å². The van der Waals surface area contributed by atoms with Gasteiger partial charge in [-0.25, -0.2) is 0 Å². The zero-order chi connectivity index (χ0) is 13.5. The number of rotatable bonds is 7. The van der Waals surface area contributed by atoms with Crippen LogP contribution in [0.4, 0.5) is 0 Å². The molecule has 0 spiro atoms. The van der Waals surface area contributed by atoms with Crippen LogP contribution in [-0.2, 0) is 11.3 Å². The standard InChI is InChI=1S/C13H19NO4/c1-16-8-9-4-5-11(17-2)13(18-3)12(9)10(15)6-7-14/h4-5H,6-8,14H2,1-3H3. The molecule has 5 nitrogen and oxygen atoms in total. The summed E-state index contributed by atoms with van der Waals surface area (Å²) >= 11 is 0. The molecule has 0 saturated heterocycles. The first-order valence-electron chi connectivity index (χ1n) is 5.65. The Bertz CT molecular complexity index is 418. The Balaban J connectivity index is 3.33. The summed E-state index contributed by atoms with van der Waals surface area (Å²) in [5.74, 6) is 0.892. The molecule has 0 aliphatic rings. The predicted octanol–water partition coefficient (Wildman–Crippen LogP) is 1.38. The maximum Gasteiger partial charge on any atom is 0.171 e. The third-order valence-electron chi connectivity index (χ3n) is 2.58. The number of carbonyl (C=O) groups is 1. The molecule has 0 bridgehead atoms. The Morgan fingerprint density at radius 2 is 1.94 bits per heavy atom. The monoisotopic (exact) mass is 253 g/mol.